The van der Waals surface area contributed by atoms with Crippen LogP contribution in [0.25, 0.3) is 31.8 Å². The Kier molecular flexibility index (Phi) is 8.24. The molecule has 2 aromatic heterocycles. The molecule has 0 aliphatic rings. The molecule has 0 fully saturated rings. The van der Waals surface area contributed by atoms with Gasteiger partial charge in [0, 0.05) is 30.2 Å². The van der Waals surface area contributed by atoms with Gasteiger partial charge in [0.05, 0.1) is 27.7 Å². The summed E-state index contributed by atoms with van der Waals surface area (Å²) in [6.45, 7) is 13.5. The summed E-state index contributed by atoms with van der Waals surface area (Å²) >= 11 is 1.35. The van der Waals surface area contributed by atoms with E-state index in [2.05, 4.69) is 18.7 Å². The third-order valence-electron chi connectivity index (χ3n) is 5.93. The minimum atomic E-state index is -4.00. The molecule has 0 N–H and O–H groups in total. The molecule has 0 aliphatic carbocycles. The van der Waals surface area contributed by atoms with Crippen molar-refractivity contribution in [2.75, 3.05) is 24.6 Å². The van der Waals surface area contributed by atoms with Crippen LogP contribution in [0.1, 0.15) is 54.4 Å². The van der Waals surface area contributed by atoms with Crippen molar-refractivity contribution >= 4 is 51.1 Å². The summed E-state index contributed by atoms with van der Waals surface area (Å²) in [4.78, 5) is 20.5. The molecule has 4 aromatic rings. The highest BCUT2D eigenvalue weighted by molar-refractivity contribution is 7.63. The van der Waals surface area contributed by atoms with Crippen LogP contribution in [0.2, 0.25) is 0 Å². The highest BCUT2D eigenvalue weighted by atomic mass is 32.1. The highest BCUT2D eigenvalue weighted by Gasteiger charge is 2.40. The number of nitrogens with zero attached hydrogens (tertiary/aromatic N) is 2. The maximum Gasteiger partial charge on any atom is 0.363 e. The average Bonchev–Trinajstić information content (AvgIpc) is 3.26. The van der Waals surface area contributed by atoms with Crippen molar-refractivity contribution in [3.8, 4) is 10.6 Å². The van der Waals surface area contributed by atoms with Crippen molar-refractivity contribution in [3.05, 3.63) is 52.9 Å². The molecule has 7 nitrogen and oxygen atoms in total. The normalized spacial score (nSPS) is 13.8. The van der Waals surface area contributed by atoms with Crippen LogP contribution in [-0.4, -0.2) is 30.3 Å². The Morgan fingerprint density at radius 1 is 1.08 bits per heavy atom. The summed E-state index contributed by atoms with van der Waals surface area (Å²) in [7, 11) is -4.00. The largest absolute Gasteiger partial charge is 0.422 e. The number of hydrogen-bond acceptors (Lipinski definition) is 8. The number of para-hydroxylation sites is 1. The van der Waals surface area contributed by atoms with E-state index in [1.54, 1.807) is 0 Å². The van der Waals surface area contributed by atoms with E-state index in [1.807, 2.05) is 70.2 Å². The molecule has 0 saturated heterocycles. The second-order valence-corrected chi connectivity index (χ2v) is 12.8. The van der Waals surface area contributed by atoms with Gasteiger partial charge in [-0.3, -0.25) is 9.09 Å². The fourth-order valence-electron chi connectivity index (χ4n) is 4.24. The standard InChI is InChI=1S/C28H35N2O5PS/c1-7-10-17-33-36(32,35-28(4,5)6)25-20-16-15-19(30(8-2)9-3)18-22(20)34-27(31)24(25)26-29-21-13-11-12-14-23(21)37-26/h11-16,18H,7-10,17H2,1-6H3. The highest BCUT2D eigenvalue weighted by Crippen LogP contribution is 2.54. The van der Waals surface area contributed by atoms with Crippen LogP contribution in [0.3, 0.4) is 0 Å². The van der Waals surface area contributed by atoms with Crippen molar-refractivity contribution in [3.63, 3.8) is 0 Å². The fraction of sp³-hybridized carbons (Fsp3) is 0.429. The molecular formula is C28H35N2O5PS. The molecule has 1 atom stereocenters. The molecular weight excluding hydrogens is 507 g/mol. The zero-order chi connectivity index (χ0) is 26.8. The summed E-state index contributed by atoms with van der Waals surface area (Å²) in [5.74, 6) is 0. The number of benzene rings is 2. The molecule has 0 amide bonds. The van der Waals surface area contributed by atoms with Gasteiger partial charge < -0.3 is 13.8 Å². The van der Waals surface area contributed by atoms with Gasteiger partial charge in [-0.1, -0.05) is 25.5 Å². The van der Waals surface area contributed by atoms with Crippen LogP contribution in [0, 0.1) is 0 Å². The summed E-state index contributed by atoms with van der Waals surface area (Å²) in [6, 6.07) is 13.3. The first-order chi connectivity index (χ1) is 17.6. The van der Waals surface area contributed by atoms with Gasteiger partial charge in [0.25, 0.3) is 0 Å². The number of rotatable bonds is 10. The number of hydrogen-bond donors (Lipinski definition) is 0. The maximum atomic E-state index is 14.8. The Morgan fingerprint density at radius 2 is 1.81 bits per heavy atom. The lowest BCUT2D eigenvalue weighted by atomic mass is 10.1. The number of anilines is 1. The SMILES string of the molecule is CCCCOP(=O)(OC(C)(C)C)c1c(-c2nc3ccccc3s2)c(=O)oc2cc(N(CC)CC)ccc12. The lowest BCUT2D eigenvalue weighted by Crippen LogP contribution is -2.27. The summed E-state index contributed by atoms with van der Waals surface area (Å²) in [6.07, 6.45) is 1.57. The van der Waals surface area contributed by atoms with E-state index in [0.717, 1.165) is 35.4 Å². The molecule has 0 spiro atoms. The van der Waals surface area contributed by atoms with Crippen molar-refractivity contribution < 1.29 is 18.0 Å². The molecule has 0 bridgehead atoms. The molecule has 2 aromatic carbocycles. The van der Waals surface area contributed by atoms with E-state index in [0.29, 0.717) is 22.4 Å². The van der Waals surface area contributed by atoms with E-state index in [4.69, 9.17) is 18.4 Å². The van der Waals surface area contributed by atoms with Gasteiger partial charge >= 0.3 is 13.2 Å². The average molecular weight is 543 g/mol. The van der Waals surface area contributed by atoms with Crippen molar-refractivity contribution in [1.82, 2.24) is 4.98 Å². The number of aromatic nitrogens is 1. The minimum Gasteiger partial charge on any atom is -0.422 e. The molecule has 0 saturated carbocycles. The first kappa shape index (κ1) is 27.5. The molecule has 198 valence electrons. The first-order valence-corrected chi connectivity index (χ1v) is 15.1. The van der Waals surface area contributed by atoms with E-state index in [1.165, 1.54) is 11.3 Å². The Balaban J connectivity index is 2.06. The van der Waals surface area contributed by atoms with Gasteiger partial charge in [0.1, 0.15) is 16.2 Å². The number of thiazole rings is 1. The van der Waals surface area contributed by atoms with Crippen LogP contribution in [-0.2, 0) is 13.6 Å². The maximum absolute atomic E-state index is 14.8. The molecule has 0 radical (unpaired) electrons. The van der Waals surface area contributed by atoms with Gasteiger partial charge in [0.2, 0.25) is 0 Å². The third kappa shape index (κ3) is 5.83. The summed E-state index contributed by atoms with van der Waals surface area (Å²) in [5, 5.41) is 1.17. The zero-order valence-corrected chi connectivity index (χ0v) is 24.1. The van der Waals surface area contributed by atoms with Gasteiger partial charge in [0.15, 0.2) is 0 Å². The second-order valence-electron chi connectivity index (χ2n) is 9.84. The van der Waals surface area contributed by atoms with Crippen molar-refractivity contribution in [1.29, 1.82) is 0 Å². The molecule has 4 rings (SSSR count). The lowest BCUT2D eigenvalue weighted by Gasteiger charge is -2.29. The molecule has 0 aliphatic heterocycles. The van der Waals surface area contributed by atoms with Crippen molar-refractivity contribution in [2.45, 2.75) is 60.0 Å². The monoisotopic (exact) mass is 542 g/mol. The predicted octanol–water partition coefficient (Wildman–Crippen LogP) is 7.37. The lowest BCUT2D eigenvalue weighted by molar-refractivity contribution is 0.0996. The molecule has 2 heterocycles. The molecule has 9 heteroatoms. The van der Waals surface area contributed by atoms with Crippen LogP contribution < -0.4 is 15.8 Å². The minimum absolute atomic E-state index is 0.133. The van der Waals surface area contributed by atoms with Crippen LogP contribution >= 0.6 is 18.9 Å². The van der Waals surface area contributed by atoms with Crippen LogP contribution in [0.4, 0.5) is 5.69 Å². The van der Waals surface area contributed by atoms with Crippen molar-refractivity contribution in [2.24, 2.45) is 0 Å². The second kappa shape index (κ2) is 11.1. The van der Waals surface area contributed by atoms with Gasteiger partial charge in [-0.25, -0.2) is 9.78 Å². The van der Waals surface area contributed by atoms with E-state index in [9.17, 15) is 9.36 Å². The molecule has 37 heavy (non-hydrogen) atoms. The molecule has 1 unspecified atom stereocenters. The van der Waals surface area contributed by atoms with Crippen LogP contribution in [0.5, 0.6) is 0 Å². The Bertz CT molecular complexity index is 1470. The van der Waals surface area contributed by atoms with Gasteiger partial charge in [-0.15, -0.1) is 11.3 Å². The summed E-state index contributed by atoms with van der Waals surface area (Å²) in [5.41, 5.74) is 0.728. The van der Waals surface area contributed by atoms with E-state index in [-0.39, 0.29) is 17.5 Å². The Morgan fingerprint density at radius 3 is 2.46 bits per heavy atom. The fourth-order valence-corrected chi connectivity index (χ4v) is 7.63. The third-order valence-corrected chi connectivity index (χ3v) is 9.30. The topological polar surface area (TPSA) is 81.9 Å². The van der Waals surface area contributed by atoms with E-state index >= 15 is 0 Å². The number of unbranched alkanes of at least 4 members (excludes halogenated alkanes) is 1. The predicted molar refractivity (Wildman–Crippen MR) is 154 cm³/mol. The van der Waals surface area contributed by atoms with Gasteiger partial charge in [-0.2, -0.15) is 0 Å². The summed E-state index contributed by atoms with van der Waals surface area (Å²) < 4.78 is 33.8. The van der Waals surface area contributed by atoms with Crippen LogP contribution in [0.15, 0.2) is 51.7 Å². The van der Waals surface area contributed by atoms with Gasteiger partial charge in [-0.05, 0) is 65.3 Å². The Hall–Kier alpha value is -2.51. The first-order valence-electron chi connectivity index (χ1n) is 12.8. The van der Waals surface area contributed by atoms with E-state index < -0.39 is 18.8 Å². The quantitative estimate of drug-likeness (QED) is 0.118. The Labute approximate surface area is 222 Å². The number of fused-ring (bicyclic) bond motifs is 2. The smallest absolute Gasteiger partial charge is 0.363 e. The zero-order valence-electron chi connectivity index (χ0n) is 22.4.